The Hall–Kier alpha value is -1.43. The summed E-state index contributed by atoms with van der Waals surface area (Å²) in [6.45, 7) is 1.59. The number of rotatable bonds is 7. The molecule has 0 aromatic heterocycles. The minimum atomic E-state index is -0.590. The van der Waals surface area contributed by atoms with Gasteiger partial charge in [0.25, 0.3) is 0 Å². The number of carbonyl (C=O) groups excluding carboxylic acids is 3. The Balaban J connectivity index is 2.13. The van der Waals surface area contributed by atoms with Crippen LogP contribution in [0.3, 0.4) is 0 Å². The molecule has 1 N–H and O–H groups in total. The number of likely N-dealkylation sites (tertiary alicyclic amines) is 1. The maximum absolute atomic E-state index is 11.6. The molecule has 1 aliphatic heterocycles. The molecule has 1 rings (SSSR count). The summed E-state index contributed by atoms with van der Waals surface area (Å²) in [4.78, 5) is 35.2. The summed E-state index contributed by atoms with van der Waals surface area (Å²) in [6, 6.07) is 0. The molecule has 0 saturated carbocycles. The van der Waals surface area contributed by atoms with Gasteiger partial charge in [-0.3, -0.25) is 19.3 Å². The SMILES string of the molecule is CC1CC(=O)N(CCCCCC(=O)OCO)C1=O. The lowest BCUT2D eigenvalue weighted by Crippen LogP contribution is -2.31. The monoisotopic (exact) mass is 257 g/mol. The Bertz CT molecular complexity index is 328. The molecule has 1 atom stereocenters. The maximum Gasteiger partial charge on any atom is 0.307 e. The van der Waals surface area contributed by atoms with E-state index < -0.39 is 12.8 Å². The predicted molar refractivity (Wildman–Crippen MR) is 62.1 cm³/mol. The number of hydrogen-bond acceptors (Lipinski definition) is 5. The van der Waals surface area contributed by atoms with Crippen LogP contribution in [0.25, 0.3) is 0 Å². The van der Waals surface area contributed by atoms with Gasteiger partial charge in [0.05, 0.1) is 0 Å². The molecule has 0 bridgehead atoms. The number of aliphatic hydroxyl groups excluding tert-OH is 1. The molecule has 2 amide bonds. The number of nitrogens with zero attached hydrogens (tertiary/aromatic N) is 1. The largest absolute Gasteiger partial charge is 0.439 e. The Kier molecular flexibility index (Phi) is 5.77. The number of ether oxygens (including phenoxy) is 1. The molecule has 0 radical (unpaired) electrons. The highest BCUT2D eigenvalue weighted by atomic mass is 16.6. The van der Waals surface area contributed by atoms with Gasteiger partial charge in [0.1, 0.15) is 0 Å². The van der Waals surface area contributed by atoms with Gasteiger partial charge in [-0.15, -0.1) is 0 Å². The fourth-order valence-corrected chi connectivity index (χ4v) is 1.94. The van der Waals surface area contributed by atoms with Crippen LogP contribution >= 0.6 is 0 Å². The zero-order valence-corrected chi connectivity index (χ0v) is 10.6. The second-order valence-electron chi connectivity index (χ2n) is 4.44. The summed E-state index contributed by atoms with van der Waals surface area (Å²) in [5.41, 5.74) is 0. The highest BCUT2D eigenvalue weighted by molar-refractivity contribution is 6.03. The van der Waals surface area contributed by atoms with Crippen molar-refractivity contribution in [1.29, 1.82) is 0 Å². The maximum atomic E-state index is 11.6. The third kappa shape index (κ3) is 4.10. The molecular weight excluding hydrogens is 238 g/mol. The zero-order valence-electron chi connectivity index (χ0n) is 10.6. The van der Waals surface area contributed by atoms with Crippen LogP contribution in [-0.4, -0.2) is 41.1 Å². The third-order valence-electron chi connectivity index (χ3n) is 2.96. The van der Waals surface area contributed by atoms with E-state index >= 15 is 0 Å². The first-order valence-corrected chi connectivity index (χ1v) is 6.17. The third-order valence-corrected chi connectivity index (χ3v) is 2.96. The van der Waals surface area contributed by atoms with Crippen molar-refractivity contribution in [2.45, 2.75) is 39.0 Å². The molecule has 0 aromatic carbocycles. The highest BCUT2D eigenvalue weighted by Crippen LogP contribution is 2.19. The minimum absolute atomic E-state index is 0.0975. The molecule has 0 aromatic rings. The van der Waals surface area contributed by atoms with Gasteiger partial charge in [-0.05, 0) is 12.8 Å². The van der Waals surface area contributed by atoms with Crippen molar-refractivity contribution in [3.63, 3.8) is 0 Å². The Morgan fingerprint density at radius 3 is 2.67 bits per heavy atom. The van der Waals surface area contributed by atoms with Crippen LogP contribution in [0.4, 0.5) is 0 Å². The first kappa shape index (κ1) is 14.6. The van der Waals surface area contributed by atoms with E-state index in [1.807, 2.05) is 0 Å². The Labute approximate surface area is 106 Å². The lowest BCUT2D eigenvalue weighted by molar-refractivity contribution is -0.152. The number of unbranched alkanes of at least 4 members (excludes halogenated alkanes) is 2. The number of hydrogen-bond donors (Lipinski definition) is 1. The van der Waals surface area contributed by atoms with Crippen LogP contribution in [0.2, 0.25) is 0 Å². The van der Waals surface area contributed by atoms with Gasteiger partial charge >= 0.3 is 5.97 Å². The molecule has 18 heavy (non-hydrogen) atoms. The van der Waals surface area contributed by atoms with Crippen LogP contribution in [0, 0.1) is 5.92 Å². The molecule has 1 saturated heterocycles. The van der Waals surface area contributed by atoms with Crippen molar-refractivity contribution in [3.8, 4) is 0 Å². The molecule has 6 nitrogen and oxygen atoms in total. The summed E-state index contributed by atoms with van der Waals surface area (Å²) in [5, 5.41) is 8.34. The topological polar surface area (TPSA) is 83.9 Å². The molecule has 1 fully saturated rings. The van der Waals surface area contributed by atoms with Crippen molar-refractivity contribution < 1.29 is 24.2 Å². The molecule has 1 aliphatic rings. The van der Waals surface area contributed by atoms with Crippen LogP contribution in [0.15, 0.2) is 0 Å². The molecule has 1 unspecified atom stereocenters. The average molecular weight is 257 g/mol. The first-order chi connectivity index (χ1) is 8.56. The number of carbonyl (C=O) groups is 3. The minimum Gasteiger partial charge on any atom is -0.439 e. The van der Waals surface area contributed by atoms with Crippen molar-refractivity contribution in [3.05, 3.63) is 0 Å². The molecule has 6 heteroatoms. The van der Waals surface area contributed by atoms with Gasteiger partial charge in [-0.25, -0.2) is 0 Å². The quantitative estimate of drug-likeness (QED) is 0.309. The number of amides is 2. The van der Waals surface area contributed by atoms with Gasteiger partial charge < -0.3 is 9.84 Å². The number of esters is 1. The smallest absolute Gasteiger partial charge is 0.307 e. The van der Waals surface area contributed by atoms with Gasteiger partial charge in [-0.2, -0.15) is 0 Å². The van der Waals surface area contributed by atoms with Crippen LogP contribution in [0.5, 0.6) is 0 Å². The lowest BCUT2D eigenvalue weighted by atomic mass is 10.1. The summed E-state index contributed by atoms with van der Waals surface area (Å²) < 4.78 is 4.37. The van der Waals surface area contributed by atoms with E-state index in [1.54, 1.807) is 6.92 Å². The van der Waals surface area contributed by atoms with Gasteiger partial charge in [0, 0.05) is 25.3 Å². The molecule has 1 heterocycles. The van der Waals surface area contributed by atoms with E-state index in [2.05, 4.69) is 4.74 Å². The van der Waals surface area contributed by atoms with E-state index in [0.717, 1.165) is 6.42 Å². The summed E-state index contributed by atoms with van der Waals surface area (Å²) >= 11 is 0. The summed E-state index contributed by atoms with van der Waals surface area (Å²) in [5.74, 6) is -0.830. The van der Waals surface area contributed by atoms with Crippen LogP contribution in [-0.2, 0) is 19.1 Å². The summed E-state index contributed by atoms with van der Waals surface area (Å²) in [7, 11) is 0. The molecule has 102 valence electrons. The number of aliphatic hydroxyl groups is 1. The van der Waals surface area contributed by atoms with Crippen molar-refractivity contribution >= 4 is 17.8 Å². The fourth-order valence-electron chi connectivity index (χ4n) is 1.94. The predicted octanol–water partition coefficient (Wildman–Crippen LogP) is 0.435. The molecular formula is C12H19NO5. The average Bonchev–Trinajstić information content (AvgIpc) is 2.55. The highest BCUT2D eigenvalue weighted by Gasteiger charge is 2.34. The van der Waals surface area contributed by atoms with Crippen molar-refractivity contribution in [1.82, 2.24) is 4.90 Å². The van der Waals surface area contributed by atoms with E-state index in [4.69, 9.17) is 5.11 Å². The normalized spacial score (nSPS) is 19.4. The Morgan fingerprint density at radius 1 is 1.39 bits per heavy atom. The van der Waals surface area contributed by atoms with Crippen molar-refractivity contribution in [2.75, 3.05) is 13.3 Å². The van der Waals surface area contributed by atoms with Crippen LogP contribution in [0.1, 0.15) is 39.0 Å². The zero-order chi connectivity index (χ0) is 13.5. The van der Waals surface area contributed by atoms with Gasteiger partial charge in [0.2, 0.25) is 11.8 Å². The van der Waals surface area contributed by atoms with Gasteiger partial charge in [-0.1, -0.05) is 13.3 Å². The molecule has 0 spiro atoms. The van der Waals surface area contributed by atoms with Crippen molar-refractivity contribution in [2.24, 2.45) is 5.92 Å². The standard InChI is InChI=1S/C12H19NO5/c1-9-7-10(15)13(12(9)17)6-4-2-3-5-11(16)18-8-14/h9,14H,2-8H2,1H3. The Morgan fingerprint density at radius 2 is 2.11 bits per heavy atom. The van der Waals surface area contributed by atoms with E-state index in [9.17, 15) is 14.4 Å². The summed E-state index contributed by atoms with van der Waals surface area (Å²) in [6.07, 6.45) is 2.62. The van der Waals surface area contributed by atoms with Gasteiger partial charge in [0.15, 0.2) is 6.79 Å². The second kappa shape index (κ2) is 7.10. The first-order valence-electron chi connectivity index (χ1n) is 6.17. The fraction of sp³-hybridized carbons (Fsp3) is 0.750. The van der Waals surface area contributed by atoms with E-state index in [1.165, 1.54) is 4.90 Å². The number of imide groups is 1. The van der Waals surface area contributed by atoms with E-state index in [-0.39, 0.29) is 24.2 Å². The van der Waals surface area contributed by atoms with Crippen LogP contribution < -0.4 is 0 Å². The molecule has 0 aliphatic carbocycles. The second-order valence-corrected chi connectivity index (χ2v) is 4.44. The van der Waals surface area contributed by atoms with E-state index in [0.29, 0.717) is 25.8 Å². The lowest BCUT2D eigenvalue weighted by Gasteiger charge is -2.13.